The Morgan fingerprint density at radius 1 is 1.20 bits per heavy atom. The van der Waals surface area contributed by atoms with Crippen LogP contribution in [0.2, 0.25) is 0 Å². The first kappa shape index (κ1) is 17.9. The Bertz CT molecular complexity index is 606. The molecule has 0 bridgehead atoms. The zero-order chi connectivity index (χ0) is 17.8. The fourth-order valence-corrected chi connectivity index (χ4v) is 3.75. The second-order valence-electron chi connectivity index (χ2n) is 7.36. The van der Waals surface area contributed by atoms with Crippen molar-refractivity contribution >= 4 is 17.5 Å². The van der Waals surface area contributed by atoms with Gasteiger partial charge in [-0.25, -0.2) is 0 Å². The Morgan fingerprint density at radius 2 is 1.88 bits per heavy atom. The summed E-state index contributed by atoms with van der Waals surface area (Å²) in [6, 6.07) is 7.90. The van der Waals surface area contributed by atoms with Gasteiger partial charge in [0, 0.05) is 25.2 Å². The molecule has 2 aliphatic rings. The molecule has 0 radical (unpaired) electrons. The van der Waals surface area contributed by atoms with Crippen molar-refractivity contribution in [2.75, 3.05) is 37.6 Å². The number of hydrogen-bond acceptors (Lipinski definition) is 3. The van der Waals surface area contributed by atoms with Crippen molar-refractivity contribution in [3.63, 3.8) is 0 Å². The number of amides is 2. The van der Waals surface area contributed by atoms with Crippen LogP contribution in [0.4, 0.5) is 5.69 Å². The molecule has 0 saturated carbocycles. The van der Waals surface area contributed by atoms with Crippen LogP contribution < -0.4 is 10.2 Å². The highest BCUT2D eigenvalue weighted by Gasteiger charge is 2.35. The highest BCUT2D eigenvalue weighted by atomic mass is 16.2. The molecule has 2 fully saturated rings. The molecule has 5 heteroatoms. The van der Waals surface area contributed by atoms with Crippen LogP contribution >= 0.6 is 0 Å². The van der Waals surface area contributed by atoms with Crippen LogP contribution in [0, 0.1) is 18.8 Å². The second kappa shape index (κ2) is 8.00. The summed E-state index contributed by atoms with van der Waals surface area (Å²) in [4.78, 5) is 29.0. The van der Waals surface area contributed by atoms with E-state index in [1.807, 2.05) is 31.2 Å². The van der Waals surface area contributed by atoms with Crippen LogP contribution in [-0.2, 0) is 9.59 Å². The number of rotatable bonds is 5. The van der Waals surface area contributed by atoms with Crippen LogP contribution in [0.25, 0.3) is 0 Å². The quantitative estimate of drug-likeness (QED) is 0.892. The largest absolute Gasteiger partial charge is 0.356 e. The van der Waals surface area contributed by atoms with Gasteiger partial charge in [-0.1, -0.05) is 24.6 Å². The van der Waals surface area contributed by atoms with Crippen molar-refractivity contribution in [3.05, 3.63) is 29.8 Å². The summed E-state index contributed by atoms with van der Waals surface area (Å²) in [7, 11) is 0. The number of likely N-dealkylation sites (tertiary alicyclic amines) is 1. The van der Waals surface area contributed by atoms with E-state index < -0.39 is 0 Å². The van der Waals surface area contributed by atoms with Crippen molar-refractivity contribution in [2.45, 2.75) is 33.1 Å². The van der Waals surface area contributed by atoms with E-state index in [1.54, 1.807) is 4.90 Å². The average Bonchev–Trinajstić information content (AvgIpc) is 3.02. The molecule has 1 aromatic carbocycles. The van der Waals surface area contributed by atoms with Crippen molar-refractivity contribution in [2.24, 2.45) is 11.8 Å². The van der Waals surface area contributed by atoms with Crippen molar-refractivity contribution in [1.82, 2.24) is 10.2 Å². The van der Waals surface area contributed by atoms with Gasteiger partial charge in [0.05, 0.1) is 5.92 Å². The number of piperidine rings is 1. The summed E-state index contributed by atoms with van der Waals surface area (Å²) in [6.07, 6.45) is 2.61. The van der Waals surface area contributed by atoms with E-state index in [4.69, 9.17) is 0 Å². The molecular formula is C20H29N3O2. The van der Waals surface area contributed by atoms with E-state index in [0.717, 1.165) is 44.7 Å². The molecule has 2 heterocycles. The number of anilines is 1. The summed E-state index contributed by atoms with van der Waals surface area (Å²) in [5.41, 5.74) is 2.05. The van der Waals surface area contributed by atoms with Gasteiger partial charge in [-0.15, -0.1) is 0 Å². The van der Waals surface area contributed by atoms with Crippen molar-refractivity contribution in [3.8, 4) is 0 Å². The minimum atomic E-state index is -0.232. The fraction of sp³-hybridized carbons (Fsp3) is 0.600. The van der Waals surface area contributed by atoms with Gasteiger partial charge in [-0.3, -0.25) is 9.59 Å². The average molecular weight is 343 g/mol. The van der Waals surface area contributed by atoms with Gasteiger partial charge in [0.2, 0.25) is 11.8 Å². The maximum absolute atomic E-state index is 12.5. The van der Waals surface area contributed by atoms with Crippen LogP contribution in [0.3, 0.4) is 0 Å². The summed E-state index contributed by atoms with van der Waals surface area (Å²) >= 11 is 0. The fourth-order valence-electron chi connectivity index (χ4n) is 3.75. The monoisotopic (exact) mass is 343 g/mol. The van der Waals surface area contributed by atoms with Crippen molar-refractivity contribution in [1.29, 1.82) is 0 Å². The smallest absolute Gasteiger partial charge is 0.227 e. The lowest BCUT2D eigenvalue weighted by molar-refractivity contribution is -0.126. The maximum atomic E-state index is 12.5. The molecule has 1 unspecified atom stereocenters. The Kier molecular flexibility index (Phi) is 5.74. The molecule has 2 saturated heterocycles. The first-order chi connectivity index (χ1) is 12.1. The molecule has 136 valence electrons. The molecule has 1 aromatic rings. The number of hydrogen-bond donors (Lipinski definition) is 1. The number of carbonyl (C=O) groups is 2. The molecule has 1 atom stereocenters. The number of nitrogens with one attached hydrogen (secondary N) is 1. The van der Waals surface area contributed by atoms with Gasteiger partial charge >= 0.3 is 0 Å². The van der Waals surface area contributed by atoms with Crippen molar-refractivity contribution < 1.29 is 9.59 Å². The van der Waals surface area contributed by atoms with E-state index in [0.29, 0.717) is 18.9 Å². The lowest BCUT2D eigenvalue weighted by atomic mass is 9.96. The summed E-state index contributed by atoms with van der Waals surface area (Å²) in [5.74, 6) is 0.405. The van der Waals surface area contributed by atoms with Gasteiger partial charge in [0.1, 0.15) is 0 Å². The van der Waals surface area contributed by atoms with Crippen LogP contribution in [0.15, 0.2) is 24.3 Å². The lowest BCUT2D eigenvalue weighted by Crippen LogP contribution is -2.40. The number of nitrogens with zero attached hydrogens (tertiary/aromatic N) is 2. The van der Waals surface area contributed by atoms with Gasteiger partial charge < -0.3 is 15.1 Å². The first-order valence-corrected chi connectivity index (χ1v) is 9.44. The first-order valence-electron chi connectivity index (χ1n) is 9.44. The van der Waals surface area contributed by atoms with E-state index >= 15 is 0 Å². The highest BCUT2D eigenvalue weighted by Crippen LogP contribution is 2.25. The van der Waals surface area contributed by atoms with Gasteiger partial charge in [-0.05, 0) is 57.5 Å². The van der Waals surface area contributed by atoms with E-state index in [9.17, 15) is 9.59 Å². The van der Waals surface area contributed by atoms with E-state index in [-0.39, 0.29) is 17.7 Å². The Labute approximate surface area is 150 Å². The van der Waals surface area contributed by atoms with Gasteiger partial charge in [0.15, 0.2) is 0 Å². The van der Waals surface area contributed by atoms with Crippen LogP contribution in [-0.4, -0.2) is 49.4 Å². The molecule has 2 amide bonds. The van der Waals surface area contributed by atoms with Gasteiger partial charge in [0.25, 0.3) is 0 Å². The summed E-state index contributed by atoms with van der Waals surface area (Å²) in [5, 5.41) is 3.09. The van der Waals surface area contributed by atoms with Crippen LogP contribution in [0.1, 0.15) is 31.7 Å². The standard InChI is InChI=1S/C20H29N3O2/c1-3-22-10-8-16(9-11-22)13-21-20(25)17-12-19(24)23(14-17)18-6-4-15(2)5-7-18/h4-7,16-17H,3,8-14H2,1-2H3,(H,21,25). The molecule has 1 N–H and O–H groups in total. The second-order valence-corrected chi connectivity index (χ2v) is 7.36. The molecule has 0 spiro atoms. The SMILES string of the molecule is CCN1CCC(CNC(=O)C2CC(=O)N(c3ccc(C)cc3)C2)CC1. The molecular weight excluding hydrogens is 314 g/mol. The van der Waals surface area contributed by atoms with E-state index in [1.165, 1.54) is 5.56 Å². The topological polar surface area (TPSA) is 52.7 Å². The summed E-state index contributed by atoms with van der Waals surface area (Å²) < 4.78 is 0. The molecule has 25 heavy (non-hydrogen) atoms. The number of benzene rings is 1. The predicted molar refractivity (Wildman–Crippen MR) is 99.5 cm³/mol. The minimum Gasteiger partial charge on any atom is -0.356 e. The Morgan fingerprint density at radius 3 is 2.52 bits per heavy atom. The lowest BCUT2D eigenvalue weighted by Gasteiger charge is -2.31. The predicted octanol–water partition coefficient (Wildman–Crippen LogP) is 2.20. The zero-order valence-electron chi connectivity index (χ0n) is 15.3. The highest BCUT2D eigenvalue weighted by molar-refractivity contribution is 6.00. The number of aryl methyl sites for hydroxylation is 1. The molecule has 0 aliphatic carbocycles. The van der Waals surface area contributed by atoms with E-state index in [2.05, 4.69) is 17.1 Å². The minimum absolute atomic E-state index is 0.0286. The Hall–Kier alpha value is -1.88. The van der Waals surface area contributed by atoms with Gasteiger partial charge in [-0.2, -0.15) is 0 Å². The molecule has 2 aliphatic heterocycles. The summed E-state index contributed by atoms with van der Waals surface area (Å²) in [6.45, 7) is 8.81. The zero-order valence-corrected chi connectivity index (χ0v) is 15.3. The Balaban J connectivity index is 1.48. The normalized spacial score (nSPS) is 22.4. The number of carbonyl (C=O) groups excluding carboxylic acids is 2. The molecule has 0 aromatic heterocycles. The maximum Gasteiger partial charge on any atom is 0.227 e. The third-order valence-electron chi connectivity index (χ3n) is 5.56. The third-order valence-corrected chi connectivity index (χ3v) is 5.56. The van der Waals surface area contributed by atoms with Crippen LogP contribution in [0.5, 0.6) is 0 Å². The third kappa shape index (κ3) is 4.40. The molecule has 3 rings (SSSR count). The molecule has 5 nitrogen and oxygen atoms in total.